The summed E-state index contributed by atoms with van der Waals surface area (Å²) < 4.78 is 19.1. The molecule has 2 aromatic heterocycles. The second-order valence-electron chi connectivity index (χ2n) is 7.11. The third kappa shape index (κ3) is 5.84. The van der Waals surface area contributed by atoms with Crippen molar-refractivity contribution < 1.29 is 13.9 Å². The predicted octanol–water partition coefficient (Wildman–Crippen LogP) is 2.74. The number of nitrogens with one attached hydrogen (secondary N) is 1. The molecular formula is C19H27FN6O2S. The quantitative estimate of drug-likeness (QED) is 0.699. The van der Waals surface area contributed by atoms with Crippen molar-refractivity contribution in [2.75, 3.05) is 24.3 Å². The van der Waals surface area contributed by atoms with Crippen LogP contribution >= 0.6 is 11.3 Å². The fraction of sp³-hybridized carbons (Fsp3) is 0.526. The van der Waals surface area contributed by atoms with E-state index in [0.29, 0.717) is 23.0 Å². The van der Waals surface area contributed by atoms with Crippen LogP contribution in [0.15, 0.2) is 18.5 Å². The molecule has 0 saturated carbocycles. The Bertz CT molecular complexity index is 855. The Morgan fingerprint density at radius 2 is 2.28 bits per heavy atom. The van der Waals surface area contributed by atoms with Gasteiger partial charge in [0.15, 0.2) is 5.69 Å². The monoisotopic (exact) mass is 422 g/mol. The third-order valence-electron chi connectivity index (χ3n) is 4.71. The number of carbonyl (C=O) groups is 1. The molecule has 2 unspecified atom stereocenters. The van der Waals surface area contributed by atoms with E-state index in [1.165, 1.54) is 16.9 Å². The summed E-state index contributed by atoms with van der Waals surface area (Å²) in [5.41, 5.74) is 13.5. The first-order valence-corrected chi connectivity index (χ1v) is 10.5. The number of amides is 1. The Hall–Kier alpha value is -2.30. The van der Waals surface area contributed by atoms with Crippen molar-refractivity contribution in [1.29, 1.82) is 0 Å². The number of alkyl halides is 1. The average molecular weight is 423 g/mol. The van der Waals surface area contributed by atoms with E-state index in [0.717, 1.165) is 37.1 Å². The van der Waals surface area contributed by atoms with Gasteiger partial charge in [-0.3, -0.25) is 9.48 Å². The second kappa shape index (κ2) is 9.95. The molecule has 1 aliphatic heterocycles. The molecule has 2 aliphatic rings. The molecule has 3 heterocycles. The Kier molecular flexibility index (Phi) is 7.34. The van der Waals surface area contributed by atoms with E-state index < -0.39 is 6.17 Å². The molecule has 0 spiro atoms. The van der Waals surface area contributed by atoms with Crippen LogP contribution in [0.3, 0.4) is 0 Å². The highest BCUT2D eigenvalue weighted by Crippen LogP contribution is 2.33. The largest absolute Gasteiger partial charge is 0.389 e. The van der Waals surface area contributed by atoms with Crippen LogP contribution in [0, 0.1) is 0 Å². The van der Waals surface area contributed by atoms with Crippen molar-refractivity contribution in [2.24, 2.45) is 12.8 Å². The van der Waals surface area contributed by atoms with Crippen LogP contribution in [0.2, 0.25) is 0 Å². The summed E-state index contributed by atoms with van der Waals surface area (Å²) in [4.78, 5) is 16.5. The number of hydrogen-bond donors (Lipinski definition) is 3. The Morgan fingerprint density at radius 3 is 2.97 bits per heavy atom. The van der Waals surface area contributed by atoms with Gasteiger partial charge in [0, 0.05) is 25.9 Å². The van der Waals surface area contributed by atoms with E-state index in [4.69, 9.17) is 16.2 Å². The Labute approximate surface area is 173 Å². The van der Waals surface area contributed by atoms with E-state index in [1.54, 1.807) is 24.1 Å². The van der Waals surface area contributed by atoms with Crippen molar-refractivity contribution in [1.82, 2.24) is 14.8 Å². The minimum Gasteiger partial charge on any atom is -0.389 e. The van der Waals surface area contributed by atoms with Crippen LogP contribution in [0.25, 0.3) is 5.57 Å². The molecule has 10 heteroatoms. The van der Waals surface area contributed by atoms with Gasteiger partial charge < -0.3 is 21.5 Å². The predicted molar refractivity (Wildman–Crippen MR) is 112 cm³/mol. The van der Waals surface area contributed by atoms with Gasteiger partial charge in [-0.05, 0) is 37.7 Å². The number of anilines is 2. The summed E-state index contributed by atoms with van der Waals surface area (Å²) in [5, 5.41) is 8.05. The number of halogens is 1. The molecular weight excluding hydrogens is 395 g/mol. The van der Waals surface area contributed by atoms with Crippen molar-refractivity contribution in [2.45, 2.75) is 44.3 Å². The van der Waals surface area contributed by atoms with Crippen molar-refractivity contribution in [3.63, 3.8) is 0 Å². The van der Waals surface area contributed by atoms with E-state index in [1.807, 2.05) is 0 Å². The molecule has 1 aliphatic carbocycles. The Morgan fingerprint density at radius 1 is 1.45 bits per heavy atom. The number of thiazole rings is 1. The van der Waals surface area contributed by atoms with Crippen molar-refractivity contribution in [3.05, 3.63) is 29.2 Å². The molecule has 8 nitrogen and oxygen atoms in total. The molecule has 1 saturated heterocycles. The highest BCUT2D eigenvalue weighted by Gasteiger charge is 2.20. The minimum absolute atomic E-state index is 0.182. The smallest absolute Gasteiger partial charge is 0.277 e. The topological polar surface area (TPSA) is 121 Å². The van der Waals surface area contributed by atoms with Crippen LogP contribution in [0.1, 0.15) is 47.6 Å². The normalized spacial score (nSPS) is 21.7. The van der Waals surface area contributed by atoms with Crippen molar-refractivity contribution >= 4 is 33.5 Å². The number of aromatic nitrogens is 3. The van der Waals surface area contributed by atoms with E-state index in [9.17, 15) is 9.18 Å². The lowest BCUT2D eigenvalue weighted by molar-refractivity contribution is 0.0923. The summed E-state index contributed by atoms with van der Waals surface area (Å²) in [5.74, 6) is -0.295. The van der Waals surface area contributed by atoms with Crippen LogP contribution < -0.4 is 16.8 Å². The molecule has 2 aromatic rings. The zero-order valence-electron chi connectivity index (χ0n) is 16.4. The zero-order valence-corrected chi connectivity index (χ0v) is 17.3. The average Bonchev–Trinajstić information content (AvgIpc) is 3.40. The van der Waals surface area contributed by atoms with Gasteiger partial charge in [-0.15, -0.1) is 0 Å². The maximum atomic E-state index is 12.6. The molecule has 0 radical (unpaired) electrons. The van der Waals surface area contributed by atoms with Crippen LogP contribution in [0.4, 0.5) is 15.1 Å². The number of allylic oxidation sites excluding steroid dienone is 2. The molecule has 1 amide bonds. The number of hydrogen-bond acceptors (Lipinski definition) is 7. The molecule has 0 aromatic carbocycles. The molecule has 158 valence electrons. The number of nitrogens with zero attached hydrogens (tertiary/aromatic N) is 3. The van der Waals surface area contributed by atoms with Gasteiger partial charge in [-0.25, -0.2) is 9.37 Å². The maximum Gasteiger partial charge on any atom is 0.277 e. The van der Waals surface area contributed by atoms with Crippen LogP contribution in [-0.2, 0) is 11.8 Å². The van der Waals surface area contributed by atoms with E-state index in [-0.39, 0.29) is 18.6 Å². The van der Waals surface area contributed by atoms with Gasteiger partial charge in [0.05, 0.1) is 18.5 Å². The number of nitrogens with two attached hydrogens (primary N) is 2. The molecule has 4 rings (SSSR count). The molecule has 0 bridgehead atoms. The number of rotatable bonds is 3. The van der Waals surface area contributed by atoms with Gasteiger partial charge in [0.1, 0.15) is 16.2 Å². The fourth-order valence-electron chi connectivity index (χ4n) is 3.09. The lowest BCUT2D eigenvalue weighted by Gasteiger charge is -2.10. The number of carbonyl (C=O) groups excluding carboxylic acids is 1. The molecule has 2 atom stereocenters. The van der Waals surface area contributed by atoms with Gasteiger partial charge in [-0.2, -0.15) is 5.10 Å². The van der Waals surface area contributed by atoms with E-state index >= 15 is 0 Å². The zero-order chi connectivity index (χ0) is 20.8. The SMILES string of the molecule is Cn1cc(NC(=O)c2nc(C3=CCCC3)sc2N)cn1.NC1CCCOCC1F. The molecule has 1 fully saturated rings. The third-order valence-corrected chi connectivity index (χ3v) is 5.67. The number of nitrogen functional groups attached to an aromatic ring is 1. The summed E-state index contributed by atoms with van der Waals surface area (Å²) in [7, 11) is 1.79. The summed E-state index contributed by atoms with van der Waals surface area (Å²) >= 11 is 1.37. The highest BCUT2D eigenvalue weighted by molar-refractivity contribution is 7.17. The highest BCUT2D eigenvalue weighted by atomic mass is 32.1. The lowest BCUT2D eigenvalue weighted by atomic mass is 10.1. The maximum absolute atomic E-state index is 12.6. The lowest BCUT2D eigenvalue weighted by Crippen LogP contribution is -2.32. The first kappa shape index (κ1) is 21.4. The first-order chi connectivity index (χ1) is 13.9. The van der Waals surface area contributed by atoms with Crippen LogP contribution in [-0.4, -0.2) is 46.1 Å². The van der Waals surface area contributed by atoms with Gasteiger partial charge in [0.2, 0.25) is 0 Å². The molecule has 5 N–H and O–H groups in total. The van der Waals surface area contributed by atoms with E-state index in [2.05, 4.69) is 21.5 Å². The first-order valence-electron chi connectivity index (χ1n) is 9.67. The molecule has 29 heavy (non-hydrogen) atoms. The van der Waals surface area contributed by atoms with Crippen LogP contribution in [0.5, 0.6) is 0 Å². The number of aryl methyl sites for hydroxylation is 1. The summed E-state index contributed by atoms with van der Waals surface area (Å²) in [6.45, 7) is 0.843. The number of ether oxygens (including phenoxy) is 1. The van der Waals surface area contributed by atoms with Crippen molar-refractivity contribution in [3.8, 4) is 0 Å². The van der Waals surface area contributed by atoms with Gasteiger partial charge in [0.25, 0.3) is 5.91 Å². The second-order valence-corrected chi connectivity index (χ2v) is 8.14. The fourth-order valence-corrected chi connectivity index (χ4v) is 3.99. The summed E-state index contributed by atoms with van der Waals surface area (Å²) in [6, 6.07) is -0.299. The Balaban J connectivity index is 0.000000224. The summed E-state index contributed by atoms with van der Waals surface area (Å²) in [6.07, 6.45) is 9.40. The standard InChI is InChI=1S/C13H15N5OS.C6H12FNO/c1-18-7-9(6-15-18)16-12(19)10-11(14)20-13(17-10)8-4-2-3-5-8;7-5-4-9-3-1-2-6(5)8/h4,6-7H,2-3,5,14H2,1H3,(H,16,19);5-6H,1-4,8H2. The van der Waals surface area contributed by atoms with Gasteiger partial charge >= 0.3 is 0 Å². The van der Waals surface area contributed by atoms with Gasteiger partial charge in [-0.1, -0.05) is 17.4 Å². The minimum atomic E-state index is -0.951.